The molecule has 4 N–H and O–H groups in total. The molecule has 16 nitrogen and oxygen atoms in total. The molecule has 0 aromatic carbocycles. The van der Waals surface area contributed by atoms with Crippen LogP contribution in [0.25, 0.3) is 0 Å². The molecule has 0 rings (SSSR count). The average molecular weight is 1450 g/mol. The fourth-order valence-corrected chi connectivity index (χ4v) is 11.5. The summed E-state index contributed by atoms with van der Waals surface area (Å²) in [7, 11) is -9.81. The van der Waals surface area contributed by atoms with E-state index in [0.29, 0.717) is 19.3 Å². The van der Waals surface area contributed by atoms with Gasteiger partial charge in [0, 0.05) is 19.3 Å². The zero-order valence-corrected chi connectivity index (χ0v) is 64.6. The van der Waals surface area contributed by atoms with Gasteiger partial charge in [-0.15, -0.1) is 0 Å². The molecule has 0 bridgehead atoms. The summed E-state index contributed by atoms with van der Waals surface area (Å²) in [5.41, 5.74) is 0. The van der Waals surface area contributed by atoms with Gasteiger partial charge in [0.25, 0.3) is 0 Å². The van der Waals surface area contributed by atoms with E-state index in [2.05, 4.69) is 179 Å². The molecule has 0 aliphatic rings. The van der Waals surface area contributed by atoms with Crippen LogP contribution in [0.5, 0.6) is 0 Å². The van der Waals surface area contributed by atoms with E-state index in [1.165, 1.54) is 44.9 Å². The van der Waals surface area contributed by atoms with Crippen molar-refractivity contribution in [2.45, 2.75) is 309 Å². The summed E-state index contributed by atoms with van der Waals surface area (Å²) < 4.78 is 61.1. The molecule has 0 aliphatic carbocycles. The van der Waals surface area contributed by atoms with Crippen LogP contribution in [0.1, 0.15) is 290 Å². The van der Waals surface area contributed by atoms with Crippen molar-refractivity contribution < 1.29 is 75.8 Å². The van der Waals surface area contributed by atoms with E-state index in [9.17, 15) is 43.5 Å². The van der Waals surface area contributed by atoms with Gasteiger partial charge in [-0.05, 0) is 148 Å². The number of aliphatic hydroxyl groups is 2. The second-order valence-electron chi connectivity index (χ2n) is 25.4. The largest absolute Gasteiger partial charge is 0.472 e. The highest BCUT2D eigenvalue weighted by atomic mass is 31.2. The number of allylic oxidation sites excluding steroid dienone is 26. The van der Waals surface area contributed by atoms with Crippen molar-refractivity contribution >= 4 is 33.6 Å². The molecule has 0 radical (unpaired) electrons. The molecular weight excluding hydrogens is 1310 g/mol. The molecule has 0 amide bonds. The highest BCUT2D eigenvalue weighted by Crippen LogP contribution is 2.45. The topological polar surface area (TPSA) is 231 Å². The number of rotatable bonds is 72. The van der Waals surface area contributed by atoms with E-state index in [1.807, 2.05) is 0 Å². The molecule has 576 valence electrons. The predicted molar refractivity (Wildman–Crippen MR) is 417 cm³/mol. The maximum Gasteiger partial charge on any atom is 0.472 e. The summed E-state index contributed by atoms with van der Waals surface area (Å²) in [4.78, 5) is 58.6. The molecule has 0 saturated carbocycles. The highest BCUT2D eigenvalue weighted by molar-refractivity contribution is 7.47. The van der Waals surface area contributed by atoms with Crippen molar-refractivity contribution in [3.63, 3.8) is 0 Å². The van der Waals surface area contributed by atoms with Gasteiger partial charge in [-0.25, -0.2) is 9.13 Å². The molecule has 0 fully saturated rings. The van der Waals surface area contributed by atoms with Crippen LogP contribution in [0.15, 0.2) is 158 Å². The van der Waals surface area contributed by atoms with E-state index in [-0.39, 0.29) is 19.3 Å². The summed E-state index contributed by atoms with van der Waals surface area (Å²) in [6.45, 7) is 2.37. The molecule has 5 atom stereocenters. The summed E-state index contributed by atoms with van der Waals surface area (Å²) in [5.74, 6) is -1.62. The SMILES string of the molecule is CC/C=C\C/C=C\C/C=C\C/C=C\C/C=C\C/C=C\CCCCCCCCCCC(=O)OCC(O)COP(=O)(O)OCC(O)COP(=O)(O)OCC(COC(=O)CCCCCCCCC/C=C\C/C=C\C/C=C\C/C=C\CCCCC)OC(=O)CCCCCCC/C=C\C/C=C\C/C=C\CC. The van der Waals surface area contributed by atoms with Gasteiger partial charge >= 0.3 is 33.6 Å². The quantitative estimate of drug-likeness (QED) is 0.0146. The van der Waals surface area contributed by atoms with Gasteiger partial charge in [-0.2, -0.15) is 0 Å². The van der Waals surface area contributed by atoms with Crippen LogP contribution in [-0.4, -0.2) is 95.9 Å². The lowest BCUT2D eigenvalue weighted by Crippen LogP contribution is -2.30. The lowest BCUT2D eigenvalue weighted by Gasteiger charge is -2.21. The first-order chi connectivity index (χ1) is 49.2. The Balaban J connectivity index is 4.62. The fraction of sp³-hybridized carbons (Fsp3) is 0.651. The van der Waals surface area contributed by atoms with Crippen molar-refractivity contribution in [1.29, 1.82) is 0 Å². The number of unbranched alkanes of at least 4 members (excludes halogenated alkanes) is 23. The van der Waals surface area contributed by atoms with Crippen LogP contribution >= 0.6 is 15.6 Å². The van der Waals surface area contributed by atoms with E-state index < -0.39 is 91.5 Å². The first-order valence-corrected chi connectivity index (χ1v) is 41.8. The second kappa shape index (κ2) is 74.9. The maximum absolute atomic E-state index is 13.0. The van der Waals surface area contributed by atoms with E-state index in [0.717, 1.165) is 186 Å². The molecular formula is C83H138O16P2. The van der Waals surface area contributed by atoms with Gasteiger partial charge in [0.1, 0.15) is 25.4 Å². The predicted octanol–water partition coefficient (Wildman–Crippen LogP) is 22.6. The van der Waals surface area contributed by atoms with Gasteiger partial charge < -0.3 is 34.2 Å². The monoisotopic (exact) mass is 1450 g/mol. The van der Waals surface area contributed by atoms with Crippen LogP contribution in [0.3, 0.4) is 0 Å². The number of ether oxygens (including phenoxy) is 3. The number of phosphoric ester groups is 2. The maximum atomic E-state index is 13.0. The zero-order valence-electron chi connectivity index (χ0n) is 62.8. The van der Waals surface area contributed by atoms with Crippen LogP contribution in [0, 0.1) is 0 Å². The summed E-state index contributed by atoms with van der Waals surface area (Å²) in [6, 6.07) is 0. The highest BCUT2D eigenvalue weighted by Gasteiger charge is 2.29. The standard InChI is InChI=1S/C83H138O16P2/c1-4-7-10-13-16-19-22-25-28-30-32-34-36-37-38-39-41-43-44-46-49-51-54-57-60-63-66-69-81(86)93-72-78(84)73-95-100(89,90)96-74-79(85)75-97-101(91,92)98-77-80(99-83(88)71-68-65-62-59-56-53-48-27-24-21-18-15-12-9-6-3)76-94-82(87)70-67-64-61-58-55-52-50-47-45-42-40-35-33-31-29-26-23-20-17-14-11-8-5-2/h7,9-10,12,16-21,25-29,32-35,37-38,41-43,45,48,78-80,84-85H,4-6,8,11,13-15,22-24,30-31,36,39-40,44,46-47,49-77H2,1-3H3,(H,89,90)(H,91,92)/b10-7-,12-9-,19-16-,20-17-,21-18-,28-25-,29-26-,34-32-,35-33-,38-37-,43-41-,45-42-,48-27-. The molecule has 0 aliphatic heterocycles. The molecule has 0 spiro atoms. The van der Waals surface area contributed by atoms with E-state index in [1.54, 1.807) is 0 Å². The number of aliphatic hydroxyl groups excluding tert-OH is 2. The van der Waals surface area contributed by atoms with Crippen LogP contribution < -0.4 is 0 Å². The van der Waals surface area contributed by atoms with Crippen molar-refractivity contribution in [1.82, 2.24) is 0 Å². The first kappa shape index (κ1) is 96.2. The van der Waals surface area contributed by atoms with Crippen LogP contribution in [0.2, 0.25) is 0 Å². The van der Waals surface area contributed by atoms with E-state index >= 15 is 0 Å². The lowest BCUT2D eigenvalue weighted by atomic mass is 10.1. The Kier molecular flexibility index (Phi) is 71.3. The van der Waals surface area contributed by atoms with E-state index in [4.69, 9.17) is 32.3 Å². The van der Waals surface area contributed by atoms with Crippen molar-refractivity contribution in [2.24, 2.45) is 0 Å². The third-order valence-corrected chi connectivity index (χ3v) is 17.6. The Hall–Kier alpha value is -4.83. The lowest BCUT2D eigenvalue weighted by molar-refractivity contribution is -0.161. The molecule has 101 heavy (non-hydrogen) atoms. The molecule has 5 unspecified atom stereocenters. The van der Waals surface area contributed by atoms with Crippen LogP contribution in [0.4, 0.5) is 0 Å². The van der Waals surface area contributed by atoms with Gasteiger partial charge in [-0.1, -0.05) is 281 Å². The number of carbonyl (C=O) groups is 3. The Labute approximate surface area is 612 Å². The first-order valence-electron chi connectivity index (χ1n) is 38.8. The smallest absolute Gasteiger partial charge is 0.463 e. The number of phosphoric acid groups is 2. The number of hydrogen-bond donors (Lipinski definition) is 4. The molecule has 0 aromatic rings. The minimum atomic E-state index is -4.94. The Morgan fingerprint density at radius 2 is 0.525 bits per heavy atom. The van der Waals surface area contributed by atoms with Gasteiger partial charge in [0.15, 0.2) is 6.10 Å². The summed E-state index contributed by atoms with van der Waals surface area (Å²) >= 11 is 0. The normalized spacial score (nSPS) is 14.9. The van der Waals surface area contributed by atoms with Crippen molar-refractivity contribution in [3.8, 4) is 0 Å². The van der Waals surface area contributed by atoms with Crippen molar-refractivity contribution in [3.05, 3.63) is 158 Å². The van der Waals surface area contributed by atoms with Crippen molar-refractivity contribution in [2.75, 3.05) is 39.6 Å². The minimum Gasteiger partial charge on any atom is -0.463 e. The van der Waals surface area contributed by atoms with Gasteiger partial charge in [0.2, 0.25) is 0 Å². The summed E-state index contributed by atoms with van der Waals surface area (Å²) in [6.07, 6.45) is 92.8. The Morgan fingerprint density at radius 3 is 0.832 bits per heavy atom. The third-order valence-electron chi connectivity index (χ3n) is 15.7. The molecule has 0 heterocycles. The minimum absolute atomic E-state index is 0.0777. The fourth-order valence-electron chi connectivity index (χ4n) is 9.87. The number of esters is 3. The second-order valence-corrected chi connectivity index (χ2v) is 28.3. The van der Waals surface area contributed by atoms with Crippen LogP contribution in [-0.2, 0) is 55.8 Å². The third kappa shape index (κ3) is 76.1. The zero-order chi connectivity index (χ0) is 73.7. The van der Waals surface area contributed by atoms with Gasteiger partial charge in [0.05, 0.1) is 26.4 Å². The molecule has 18 heteroatoms. The molecule has 0 saturated heterocycles. The molecule has 0 aromatic heterocycles. The number of hydrogen-bond acceptors (Lipinski definition) is 14. The number of carbonyl (C=O) groups excluding carboxylic acids is 3. The summed E-state index contributed by atoms with van der Waals surface area (Å²) in [5, 5.41) is 20.6. The average Bonchev–Trinajstić information content (AvgIpc) is 0.951. The Morgan fingerprint density at radius 1 is 0.287 bits per heavy atom. The van der Waals surface area contributed by atoms with Gasteiger partial charge in [-0.3, -0.25) is 32.5 Å². The Bertz CT molecular complexity index is 2470.